The minimum atomic E-state index is -0.923. The summed E-state index contributed by atoms with van der Waals surface area (Å²) in [5, 5.41) is 10.7. The first-order chi connectivity index (χ1) is 15.6. The van der Waals surface area contributed by atoms with Crippen LogP contribution in [0.25, 0.3) is 0 Å². The molecule has 180 valence electrons. The van der Waals surface area contributed by atoms with Crippen molar-refractivity contribution in [3.63, 3.8) is 0 Å². The summed E-state index contributed by atoms with van der Waals surface area (Å²) >= 11 is 0. The predicted molar refractivity (Wildman–Crippen MR) is 126 cm³/mol. The average Bonchev–Trinajstić information content (AvgIpc) is 2.81. The summed E-state index contributed by atoms with van der Waals surface area (Å²) in [7, 11) is 0. The predicted octanol–water partition coefficient (Wildman–Crippen LogP) is 7.22. The molecule has 1 heterocycles. The van der Waals surface area contributed by atoms with E-state index in [1.54, 1.807) is 12.1 Å². The van der Waals surface area contributed by atoms with Crippen molar-refractivity contribution in [2.45, 2.75) is 109 Å². The highest BCUT2D eigenvalue weighted by molar-refractivity contribution is 5.31. The largest absolute Gasteiger partial charge is 0.494 e. The van der Waals surface area contributed by atoms with E-state index in [-0.39, 0.29) is 17.8 Å². The van der Waals surface area contributed by atoms with E-state index in [9.17, 15) is 9.50 Å². The molecule has 3 aliphatic rings. The lowest BCUT2D eigenvalue weighted by Crippen LogP contribution is -2.39. The summed E-state index contributed by atoms with van der Waals surface area (Å²) in [6.07, 6.45) is 14.5. The number of hydrogen-bond acceptors (Lipinski definition) is 3. The minimum Gasteiger partial charge on any atom is -0.494 e. The van der Waals surface area contributed by atoms with Crippen molar-refractivity contribution in [1.29, 1.82) is 0 Å². The van der Waals surface area contributed by atoms with Crippen LogP contribution >= 0.6 is 0 Å². The summed E-state index contributed by atoms with van der Waals surface area (Å²) < 4.78 is 26.1. The molecule has 1 aliphatic heterocycles. The third-order valence-electron chi connectivity index (χ3n) is 8.70. The molecule has 4 heteroatoms. The Morgan fingerprint density at radius 2 is 1.56 bits per heavy atom. The average molecular weight is 447 g/mol. The van der Waals surface area contributed by atoms with Gasteiger partial charge in [0.1, 0.15) is 11.6 Å². The fourth-order valence-corrected chi connectivity index (χ4v) is 6.89. The highest BCUT2D eigenvalue weighted by Crippen LogP contribution is 2.45. The maximum absolute atomic E-state index is 14.6. The molecule has 1 aromatic carbocycles. The smallest absolute Gasteiger partial charge is 0.161 e. The van der Waals surface area contributed by atoms with Crippen LogP contribution in [0.2, 0.25) is 0 Å². The Bertz CT molecular complexity index is 707. The molecule has 1 saturated heterocycles. The van der Waals surface area contributed by atoms with Crippen molar-refractivity contribution >= 4 is 0 Å². The molecule has 3 fully saturated rings. The van der Waals surface area contributed by atoms with Gasteiger partial charge in [-0.3, -0.25) is 0 Å². The first-order valence-corrected chi connectivity index (χ1v) is 13.3. The standard InChI is InChI=1S/C28H43FO3/c1-3-5-19-6-8-20(9-7-19)21-10-12-22(13-11-21)27-17-16-25(28(30)32-27)24-15-14-23(31-4-2)18-26(24)29/h14-15,18-22,25,27-28,30H,3-13,16-17H2,1-2H3. The van der Waals surface area contributed by atoms with Crippen molar-refractivity contribution in [2.75, 3.05) is 6.61 Å². The number of aliphatic hydroxyl groups is 1. The second-order valence-corrected chi connectivity index (χ2v) is 10.6. The van der Waals surface area contributed by atoms with E-state index in [1.165, 1.54) is 70.3 Å². The Hall–Kier alpha value is -1.13. The number of rotatable bonds is 7. The molecule has 3 unspecified atom stereocenters. The first-order valence-electron chi connectivity index (χ1n) is 13.3. The molecule has 3 atom stereocenters. The molecule has 1 N–H and O–H groups in total. The zero-order valence-electron chi connectivity index (χ0n) is 20.1. The highest BCUT2D eigenvalue weighted by Gasteiger charge is 2.38. The molecular weight excluding hydrogens is 403 g/mol. The number of ether oxygens (including phenoxy) is 2. The molecule has 32 heavy (non-hydrogen) atoms. The molecule has 0 bridgehead atoms. The molecule has 2 aliphatic carbocycles. The second-order valence-electron chi connectivity index (χ2n) is 10.6. The van der Waals surface area contributed by atoms with Gasteiger partial charge in [-0.15, -0.1) is 0 Å². The van der Waals surface area contributed by atoms with E-state index in [2.05, 4.69) is 6.92 Å². The van der Waals surface area contributed by atoms with Gasteiger partial charge in [0.05, 0.1) is 12.7 Å². The van der Waals surface area contributed by atoms with Crippen LogP contribution in [0.3, 0.4) is 0 Å². The maximum Gasteiger partial charge on any atom is 0.161 e. The summed E-state index contributed by atoms with van der Waals surface area (Å²) in [6.45, 7) is 4.71. The Morgan fingerprint density at radius 1 is 0.906 bits per heavy atom. The number of hydrogen-bond donors (Lipinski definition) is 1. The molecule has 0 amide bonds. The van der Waals surface area contributed by atoms with Crippen LogP contribution in [0.4, 0.5) is 4.39 Å². The van der Waals surface area contributed by atoms with E-state index in [1.807, 2.05) is 6.92 Å². The minimum absolute atomic E-state index is 0.119. The lowest BCUT2D eigenvalue weighted by atomic mass is 9.67. The van der Waals surface area contributed by atoms with Gasteiger partial charge < -0.3 is 14.6 Å². The van der Waals surface area contributed by atoms with E-state index < -0.39 is 6.29 Å². The van der Waals surface area contributed by atoms with Gasteiger partial charge >= 0.3 is 0 Å². The summed E-state index contributed by atoms with van der Waals surface area (Å²) in [6, 6.07) is 4.96. The fraction of sp³-hybridized carbons (Fsp3) is 0.786. The molecular formula is C28H43FO3. The Labute approximate surface area is 194 Å². The normalized spacial score (nSPS) is 36.1. The Kier molecular flexibility index (Phi) is 8.50. The molecule has 0 spiro atoms. The lowest BCUT2D eigenvalue weighted by molar-refractivity contribution is -0.193. The van der Waals surface area contributed by atoms with Crippen LogP contribution in [0, 0.1) is 29.5 Å². The summed E-state index contributed by atoms with van der Waals surface area (Å²) in [5.41, 5.74) is 0.543. The van der Waals surface area contributed by atoms with Crippen molar-refractivity contribution < 1.29 is 19.0 Å². The van der Waals surface area contributed by atoms with Crippen molar-refractivity contribution in [2.24, 2.45) is 23.7 Å². The summed E-state index contributed by atoms with van der Waals surface area (Å²) in [5.74, 6) is 3.30. The van der Waals surface area contributed by atoms with Crippen LogP contribution in [-0.2, 0) is 4.74 Å². The maximum atomic E-state index is 14.6. The SMILES string of the molecule is CCCC1CCC(C2CCC(C3CCC(c4ccc(OCC)cc4F)C(O)O3)CC2)CC1. The molecule has 0 radical (unpaired) electrons. The topological polar surface area (TPSA) is 38.7 Å². The second kappa shape index (κ2) is 11.3. The Morgan fingerprint density at radius 3 is 2.16 bits per heavy atom. The molecule has 3 nitrogen and oxygen atoms in total. The zero-order chi connectivity index (χ0) is 22.5. The molecule has 0 aromatic heterocycles. The van der Waals surface area contributed by atoms with Gasteiger partial charge in [-0.25, -0.2) is 4.39 Å². The highest BCUT2D eigenvalue weighted by atomic mass is 19.1. The van der Waals surface area contributed by atoms with Crippen LogP contribution in [-0.4, -0.2) is 24.1 Å². The summed E-state index contributed by atoms with van der Waals surface area (Å²) in [4.78, 5) is 0. The van der Waals surface area contributed by atoms with E-state index in [0.717, 1.165) is 30.6 Å². The Balaban J connectivity index is 1.25. The van der Waals surface area contributed by atoms with Crippen LogP contribution in [0.5, 0.6) is 5.75 Å². The van der Waals surface area contributed by atoms with Crippen LogP contribution in [0.15, 0.2) is 18.2 Å². The van der Waals surface area contributed by atoms with Gasteiger partial charge in [0, 0.05) is 12.0 Å². The lowest BCUT2D eigenvalue weighted by Gasteiger charge is -2.42. The number of benzene rings is 1. The first kappa shape index (κ1) is 24.0. The zero-order valence-corrected chi connectivity index (χ0v) is 20.1. The van der Waals surface area contributed by atoms with Crippen molar-refractivity contribution in [3.8, 4) is 5.75 Å². The van der Waals surface area contributed by atoms with E-state index >= 15 is 0 Å². The van der Waals surface area contributed by atoms with Gasteiger partial charge in [-0.05, 0) is 93.6 Å². The van der Waals surface area contributed by atoms with E-state index in [0.29, 0.717) is 23.8 Å². The van der Waals surface area contributed by atoms with Crippen molar-refractivity contribution in [3.05, 3.63) is 29.6 Å². The third kappa shape index (κ3) is 5.67. The molecule has 1 aromatic rings. The van der Waals surface area contributed by atoms with Gasteiger partial charge in [0.15, 0.2) is 6.29 Å². The quantitative estimate of drug-likeness (QED) is 0.480. The van der Waals surface area contributed by atoms with E-state index in [4.69, 9.17) is 9.47 Å². The monoisotopic (exact) mass is 446 g/mol. The molecule has 2 saturated carbocycles. The van der Waals surface area contributed by atoms with Gasteiger partial charge in [0.2, 0.25) is 0 Å². The fourth-order valence-electron chi connectivity index (χ4n) is 6.89. The van der Waals surface area contributed by atoms with Crippen molar-refractivity contribution in [1.82, 2.24) is 0 Å². The molecule has 4 rings (SSSR count). The number of halogens is 1. The number of aliphatic hydroxyl groups excluding tert-OH is 1. The third-order valence-corrected chi connectivity index (χ3v) is 8.70. The van der Waals surface area contributed by atoms with Gasteiger partial charge in [0.25, 0.3) is 0 Å². The van der Waals surface area contributed by atoms with Gasteiger partial charge in [-0.1, -0.05) is 38.7 Å². The van der Waals surface area contributed by atoms with Gasteiger partial charge in [-0.2, -0.15) is 0 Å². The van der Waals surface area contributed by atoms with Crippen LogP contribution < -0.4 is 4.74 Å². The van der Waals surface area contributed by atoms with Crippen LogP contribution in [0.1, 0.15) is 102 Å².